The van der Waals surface area contributed by atoms with Crippen LogP contribution in [-0.2, 0) is 21.4 Å². The summed E-state index contributed by atoms with van der Waals surface area (Å²) in [4.78, 5) is 12.8. The van der Waals surface area contributed by atoms with Crippen molar-refractivity contribution in [3.63, 3.8) is 0 Å². The Labute approximate surface area is 134 Å². The molecule has 2 unspecified atom stereocenters. The van der Waals surface area contributed by atoms with Crippen molar-refractivity contribution in [2.75, 3.05) is 0 Å². The number of rotatable bonds is 4. The summed E-state index contributed by atoms with van der Waals surface area (Å²) >= 11 is 1.08. The minimum absolute atomic E-state index is 0. The van der Waals surface area contributed by atoms with Crippen LogP contribution < -0.4 is 16.2 Å². The summed E-state index contributed by atoms with van der Waals surface area (Å²) in [6.07, 6.45) is 3.55. The second-order valence-corrected chi connectivity index (χ2v) is 8.06. The van der Waals surface area contributed by atoms with Gasteiger partial charge in [0, 0.05) is 16.8 Å². The van der Waals surface area contributed by atoms with Gasteiger partial charge in [-0.2, -0.15) is 0 Å². The molecule has 1 aliphatic rings. The highest BCUT2D eigenvalue weighted by Gasteiger charge is 2.25. The lowest BCUT2D eigenvalue weighted by molar-refractivity contribution is -0.126. The van der Waals surface area contributed by atoms with Gasteiger partial charge >= 0.3 is 0 Å². The molecule has 0 radical (unpaired) electrons. The van der Waals surface area contributed by atoms with Gasteiger partial charge in [-0.3, -0.25) is 4.79 Å². The van der Waals surface area contributed by atoms with Crippen LogP contribution in [0, 0.1) is 5.92 Å². The van der Waals surface area contributed by atoms with E-state index in [2.05, 4.69) is 5.32 Å². The van der Waals surface area contributed by atoms with Crippen LogP contribution in [0.25, 0.3) is 0 Å². The van der Waals surface area contributed by atoms with E-state index in [1.54, 1.807) is 6.07 Å². The van der Waals surface area contributed by atoms with Crippen molar-refractivity contribution in [1.29, 1.82) is 0 Å². The number of nitrogens with two attached hydrogens (primary N) is 2. The van der Waals surface area contributed by atoms with Gasteiger partial charge in [-0.25, -0.2) is 13.6 Å². The third-order valence-electron chi connectivity index (χ3n) is 3.44. The highest BCUT2D eigenvalue weighted by Crippen LogP contribution is 2.24. The lowest BCUT2D eigenvalue weighted by Gasteiger charge is -2.25. The Bertz CT molecular complexity index is 588. The van der Waals surface area contributed by atoms with E-state index in [1.807, 2.05) is 0 Å². The predicted molar refractivity (Wildman–Crippen MR) is 84.7 cm³/mol. The molecule has 0 bridgehead atoms. The van der Waals surface area contributed by atoms with Gasteiger partial charge in [-0.1, -0.05) is 6.42 Å². The number of carbonyl (C=O) groups excluding carboxylic acids is 1. The highest BCUT2D eigenvalue weighted by molar-refractivity contribution is 7.91. The third kappa shape index (κ3) is 5.23. The molecule has 1 aromatic rings. The molecule has 2 rings (SSSR count). The van der Waals surface area contributed by atoms with Gasteiger partial charge in [0.25, 0.3) is 0 Å². The average molecular weight is 354 g/mol. The molecule has 1 fully saturated rings. The van der Waals surface area contributed by atoms with Gasteiger partial charge in [0.2, 0.25) is 15.9 Å². The molecule has 120 valence electrons. The highest BCUT2D eigenvalue weighted by atomic mass is 35.5. The summed E-state index contributed by atoms with van der Waals surface area (Å²) in [5.74, 6) is -0.0397. The standard InChI is InChI=1S/C12H19N3O3S2.ClH/c13-9-3-1-2-8(6-9)12(16)15-7-10-4-5-11(19-10)20(14,17)18;/h4-5,8-9H,1-3,6-7,13H2,(H,15,16)(H2,14,17,18);1H. The van der Waals surface area contributed by atoms with Crippen LogP contribution >= 0.6 is 23.7 Å². The normalized spacial score (nSPS) is 22.4. The Morgan fingerprint density at radius 1 is 1.38 bits per heavy atom. The number of primary sulfonamides is 1. The van der Waals surface area contributed by atoms with Crippen LogP contribution in [0.3, 0.4) is 0 Å². The van der Waals surface area contributed by atoms with Gasteiger partial charge < -0.3 is 11.1 Å². The average Bonchev–Trinajstić information content (AvgIpc) is 2.84. The summed E-state index contributed by atoms with van der Waals surface area (Å²) in [6, 6.07) is 3.23. The maximum absolute atomic E-state index is 12.0. The van der Waals surface area contributed by atoms with Crippen molar-refractivity contribution in [1.82, 2.24) is 5.32 Å². The molecule has 1 aliphatic carbocycles. The summed E-state index contributed by atoms with van der Waals surface area (Å²) in [7, 11) is -3.66. The summed E-state index contributed by atoms with van der Waals surface area (Å²) < 4.78 is 22.4. The maximum atomic E-state index is 12.0. The molecule has 1 aromatic heterocycles. The smallest absolute Gasteiger partial charge is 0.247 e. The minimum atomic E-state index is -3.66. The fourth-order valence-corrected chi connectivity index (χ4v) is 4.11. The van der Waals surface area contributed by atoms with E-state index in [-0.39, 0.29) is 34.5 Å². The van der Waals surface area contributed by atoms with Crippen molar-refractivity contribution < 1.29 is 13.2 Å². The Morgan fingerprint density at radius 3 is 2.67 bits per heavy atom. The number of thiophene rings is 1. The zero-order valence-corrected chi connectivity index (χ0v) is 13.9. The van der Waals surface area contributed by atoms with Gasteiger partial charge in [-0.05, 0) is 31.4 Å². The van der Waals surface area contributed by atoms with Crippen LogP contribution in [0.15, 0.2) is 16.3 Å². The van der Waals surface area contributed by atoms with Crippen LogP contribution in [-0.4, -0.2) is 20.4 Å². The topological polar surface area (TPSA) is 115 Å². The van der Waals surface area contributed by atoms with Gasteiger partial charge in [0.15, 0.2) is 0 Å². The zero-order valence-electron chi connectivity index (χ0n) is 11.4. The third-order valence-corrected chi connectivity index (χ3v) is 5.96. The summed E-state index contributed by atoms with van der Waals surface area (Å²) in [5.41, 5.74) is 5.86. The maximum Gasteiger partial charge on any atom is 0.247 e. The first-order valence-electron chi connectivity index (χ1n) is 6.51. The minimum Gasteiger partial charge on any atom is -0.351 e. The fourth-order valence-electron chi connectivity index (χ4n) is 2.39. The quantitative estimate of drug-likeness (QED) is 0.747. The van der Waals surface area contributed by atoms with Crippen molar-refractivity contribution in [3.05, 3.63) is 17.0 Å². The van der Waals surface area contributed by atoms with E-state index >= 15 is 0 Å². The van der Waals surface area contributed by atoms with E-state index in [4.69, 9.17) is 10.9 Å². The first-order valence-corrected chi connectivity index (χ1v) is 8.87. The van der Waals surface area contributed by atoms with E-state index < -0.39 is 10.0 Å². The lowest BCUT2D eigenvalue weighted by atomic mass is 9.85. The largest absolute Gasteiger partial charge is 0.351 e. The zero-order chi connectivity index (χ0) is 14.8. The van der Waals surface area contributed by atoms with Gasteiger partial charge in [0.1, 0.15) is 4.21 Å². The Morgan fingerprint density at radius 2 is 2.10 bits per heavy atom. The van der Waals surface area contributed by atoms with E-state index in [9.17, 15) is 13.2 Å². The second kappa shape index (κ2) is 7.55. The number of halogens is 1. The number of hydrogen-bond acceptors (Lipinski definition) is 5. The SMILES string of the molecule is Cl.NC1CCCC(C(=O)NCc2ccc(S(N)(=O)=O)s2)C1. The Kier molecular flexibility index (Phi) is 6.61. The number of nitrogens with one attached hydrogen (secondary N) is 1. The van der Waals surface area contributed by atoms with Crippen molar-refractivity contribution in [2.24, 2.45) is 16.8 Å². The molecule has 0 aromatic carbocycles. The molecule has 0 saturated heterocycles. The summed E-state index contributed by atoms with van der Waals surface area (Å²) in [5, 5.41) is 7.87. The molecule has 9 heteroatoms. The summed E-state index contributed by atoms with van der Waals surface area (Å²) in [6.45, 7) is 0.324. The van der Waals surface area contributed by atoms with Crippen LogP contribution in [0.5, 0.6) is 0 Å². The van der Waals surface area contributed by atoms with Crippen LogP contribution in [0.1, 0.15) is 30.6 Å². The van der Waals surface area contributed by atoms with E-state index in [1.165, 1.54) is 6.07 Å². The molecule has 6 nitrogen and oxygen atoms in total. The number of sulfonamides is 1. The molecule has 1 heterocycles. The Balaban J connectivity index is 0.00000220. The van der Waals surface area contributed by atoms with Gasteiger partial charge in [-0.15, -0.1) is 23.7 Å². The van der Waals surface area contributed by atoms with Crippen LogP contribution in [0.2, 0.25) is 0 Å². The molecule has 0 spiro atoms. The second-order valence-electron chi connectivity index (χ2n) is 5.11. The van der Waals surface area contributed by atoms with Crippen molar-refractivity contribution >= 4 is 39.7 Å². The molecular formula is C12H20ClN3O3S2. The molecule has 0 aliphatic heterocycles. The molecule has 21 heavy (non-hydrogen) atoms. The number of hydrogen-bond donors (Lipinski definition) is 3. The molecule has 1 amide bonds. The first kappa shape index (κ1) is 18.4. The van der Waals surface area contributed by atoms with Crippen molar-refractivity contribution in [3.8, 4) is 0 Å². The monoisotopic (exact) mass is 353 g/mol. The predicted octanol–water partition coefficient (Wildman–Crippen LogP) is 0.951. The fraction of sp³-hybridized carbons (Fsp3) is 0.583. The van der Waals surface area contributed by atoms with Crippen molar-refractivity contribution in [2.45, 2.75) is 42.5 Å². The molecular weight excluding hydrogens is 334 g/mol. The number of carbonyl (C=O) groups is 1. The molecule has 2 atom stereocenters. The molecule has 5 N–H and O–H groups in total. The number of amides is 1. The lowest BCUT2D eigenvalue weighted by Crippen LogP contribution is -2.37. The van der Waals surface area contributed by atoms with Gasteiger partial charge in [0.05, 0.1) is 6.54 Å². The van der Waals surface area contributed by atoms with E-state index in [0.29, 0.717) is 6.54 Å². The van der Waals surface area contributed by atoms with Crippen LogP contribution in [0.4, 0.5) is 0 Å². The Hall–Kier alpha value is -0.670. The molecule has 1 saturated carbocycles. The first-order chi connectivity index (χ1) is 9.36. The van der Waals surface area contributed by atoms with E-state index in [0.717, 1.165) is 41.9 Å².